The monoisotopic (exact) mass is 616 g/mol. The van der Waals surface area contributed by atoms with E-state index in [1.54, 1.807) is 0 Å². The third-order valence-corrected chi connectivity index (χ3v) is 14.5. The molecule has 11 heteroatoms. The molecule has 0 spiro atoms. The topological polar surface area (TPSA) is 37.7 Å². The zero-order valence-corrected chi connectivity index (χ0v) is 29.3. The summed E-state index contributed by atoms with van der Waals surface area (Å²) in [6.45, 7) is 22.7. The Morgan fingerprint density at radius 2 is 1.39 bits per heavy atom. The molecule has 4 aliphatic heterocycles. The van der Waals surface area contributed by atoms with Gasteiger partial charge in [0.1, 0.15) is 0 Å². The van der Waals surface area contributed by atoms with Gasteiger partial charge in [-0.1, -0.05) is 43.8 Å². The van der Waals surface area contributed by atoms with Gasteiger partial charge in [0.15, 0.2) is 20.2 Å². The summed E-state index contributed by atoms with van der Waals surface area (Å²) in [5, 5.41) is 0. The summed E-state index contributed by atoms with van der Waals surface area (Å²) < 4.78 is 5.04. The van der Waals surface area contributed by atoms with Crippen LogP contribution in [0.25, 0.3) is 0 Å². The first-order chi connectivity index (χ1) is 18.6. The summed E-state index contributed by atoms with van der Waals surface area (Å²) in [4.78, 5) is 14.4. The van der Waals surface area contributed by atoms with Gasteiger partial charge in [-0.05, 0) is 45.7 Å². The van der Waals surface area contributed by atoms with E-state index in [2.05, 4.69) is 94.3 Å². The molecule has 0 aromatic heterocycles. The van der Waals surface area contributed by atoms with Crippen LogP contribution in [0, 0.1) is 6.92 Å². The number of aryl methyl sites for hydroxylation is 1. The van der Waals surface area contributed by atoms with E-state index in [0.29, 0.717) is 5.54 Å². The first-order valence-electron chi connectivity index (χ1n) is 15.0. The van der Waals surface area contributed by atoms with Crippen molar-refractivity contribution in [1.82, 2.24) is 18.9 Å². The maximum atomic E-state index is 6.49. The van der Waals surface area contributed by atoms with Crippen LogP contribution in [-0.2, 0) is 0 Å². The Bertz CT molecular complexity index is 1080. The van der Waals surface area contributed by atoms with Gasteiger partial charge < -0.3 is 18.9 Å². The van der Waals surface area contributed by atoms with Crippen LogP contribution < -0.4 is 18.9 Å². The van der Waals surface area contributed by atoms with Gasteiger partial charge in [0.05, 0.1) is 0 Å². The van der Waals surface area contributed by atoms with E-state index in [1.165, 1.54) is 68.4 Å². The molecule has 0 saturated carbocycles. The molecule has 0 N–H and O–H groups in total. The molecule has 0 bridgehead atoms. The van der Waals surface area contributed by atoms with Crippen LogP contribution in [0.3, 0.4) is 0 Å². The molecule has 1 unspecified atom stereocenters. The Hall–Kier alpha value is -1.38. The molecular formula is C30H53ClFLiN6Si2. The van der Waals surface area contributed by atoms with Gasteiger partial charge >= 0.3 is 18.9 Å². The van der Waals surface area contributed by atoms with Crippen LogP contribution in [0.15, 0.2) is 58.1 Å². The summed E-state index contributed by atoms with van der Waals surface area (Å²) in [5.41, 5.74) is 3.40. The van der Waals surface area contributed by atoms with Crippen molar-refractivity contribution < 1.29 is 25.0 Å². The molecule has 1 atom stereocenters. The van der Waals surface area contributed by atoms with E-state index in [-0.39, 0.29) is 25.0 Å². The van der Waals surface area contributed by atoms with Crippen LogP contribution in [0.1, 0.15) is 39.6 Å². The summed E-state index contributed by atoms with van der Waals surface area (Å²) in [5.74, 6) is 2.48. The molecule has 226 valence electrons. The maximum Gasteiger partial charge on any atom is 1.00 e. The third-order valence-electron chi connectivity index (χ3n) is 8.34. The number of fused-ring (bicyclic) bond motifs is 2. The van der Waals surface area contributed by atoms with E-state index in [1.807, 2.05) is 12.1 Å². The molecule has 1 aromatic rings. The predicted octanol–water partition coefficient (Wildman–Crippen LogP) is 3.66. The minimum Gasteiger partial charge on any atom is -0.369 e. The van der Waals surface area contributed by atoms with Crippen LogP contribution in [-0.4, -0.2) is 99.0 Å². The fourth-order valence-electron chi connectivity index (χ4n) is 6.05. The summed E-state index contributed by atoms with van der Waals surface area (Å²) in [6.07, 6.45) is 12.1. The Morgan fingerprint density at radius 1 is 0.854 bits per heavy atom. The SMILES string of the molecule is CC1=CC([Si](C)(C)N2CCCN3CCCN=C32)C=C1.C[Si](C)(Cl)N1CCCN2CCCN=C21.Cc1cc[cH-]c1.F.[3HH].[Li+]. The molecule has 1 aliphatic carbocycles. The molecular weight excluding hydrogens is 562 g/mol. The summed E-state index contributed by atoms with van der Waals surface area (Å²) in [7, 11) is -3.25. The van der Waals surface area contributed by atoms with Crippen molar-refractivity contribution >= 4 is 38.8 Å². The van der Waals surface area contributed by atoms with E-state index >= 15 is 0 Å². The number of guanidine groups is 2. The second-order valence-electron chi connectivity index (χ2n) is 12.4. The van der Waals surface area contributed by atoms with E-state index < -0.39 is 15.8 Å². The van der Waals surface area contributed by atoms with Gasteiger partial charge in [-0.3, -0.25) is 14.7 Å². The van der Waals surface area contributed by atoms with Crippen LogP contribution in [0.5, 0.6) is 0 Å². The van der Waals surface area contributed by atoms with Gasteiger partial charge in [0.2, 0.25) is 0 Å². The molecule has 2 saturated heterocycles. The van der Waals surface area contributed by atoms with Gasteiger partial charge in [-0.2, -0.15) is 18.2 Å². The minimum absolute atomic E-state index is 0. The number of hydrogen-bond donors (Lipinski definition) is 0. The van der Waals surface area contributed by atoms with E-state index in [9.17, 15) is 0 Å². The Balaban J connectivity index is 0.000000339. The third kappa shape index (κ3) is 9.30. The Kier molecular flexibility index (Phi) is 13.9. The molecule has 6 nitrogen and oxygen atoms in total. The molecule has 0 radical (unpaired) electrons. The second-order valence-corrected chi connectivity index (χ2v) is 23.0. The Morgan fingerprint density at radius 3 is 1.83 bits per heavy atom. The smallest absolute Gasteiger partial charge is 0.369 e. The predicted molar refractivity (Wildman–Crippen MR) is 178 cm³/mol. The van der Waals surface area contributed by atoms with Gasteiger partial charge in [-0.15, -0.1) is 11.1 Å². The fourth-order valence-corrected chi connectivity index (χ4v) is 11.0. The quantitative estimate of drug-likeness (QED) is 0.295. The fraction of sp³-hybridized carbons (Fsp3) is 0.633. The van der Waals surface area contributed by atoms with Crippen molar-refractivity contribution in [2.75, 3.05) is 52.4 Å². The summed E-state index contributed by atoms with van der Waals surface area (Å²) in [6, 6.07) is 8.24. The zero-order chi connectivity index (χ0) is 28.0. The minimum atomic E-state index is -1.73. The molecule has 1 aromatic carbocycles. The van der Waals surface area contributed by atoms with Crippen LogP contribution in [0.2, 0.25) is 31.7 Å². The number of aliphatic imine (C=N–C) groups is 2. The molecule has 2 fully saturated rings. The zero-order valence-electron chi connectivity index (χ0n) is 26.6. The standard InChI is InChI=1S/C15H25N3Si.C9H18ClN3Si.C6H7.FH.Li.H2/c1-13-6-7-14(12-13)19(2,3)18-11-5-10-17-9-4-8-16-15(17)18;1-14(2,10)13-8-4-7-12-6-3-5-11-9(12)13;1-6-4-2-3-5-6;;;/h6-7,12,14H,4-5,8-11H2,1-3H3;3-8H2,1-2H3;2-5H,1H3;1H;;1H/q;;-1;;+1;/i;;;;;1+2. The van der Waals surface area contributed by atoms with Gasteiger partial charge in [0.25, 0.3) is 7.55 Å². The number of hydrogen-bond acceptors (Lipinski definition) is 6. The second kappa shape index (κ2) is 15.9. The molecule has 0 amide bonds. The average Bonchev–Trinajstić information content (AvgIpc) is 3.59. The van der Waals surface area contributed by atoms with Crippen LogP contribution >= 0.6 is 11.1 Å². The number of halogens is 2. The van der Waals surface area contributed by atoms with Crippen molar-refractivity contribution in [3.05, 3.63) is 53.6 Å². The molecule has 6 rings (SSSR count). The van der Waals surface area contributed by atoms with Crippen molar-refractivity contribution in [1.29, 1.82) is 0 Å². The largest absolute Gasteiger partial charge is 1.00 e. The van der Waals surface area contributed by atoms with Crippen LogP contribution in [0.4, 0.5) is 4.70 Å². The number of allylic oxidation sites excluding steroid dienone is 4. The molecule has 41 heavy (non-hydrogen) atoms. The van der Waals surface area contributed by atoms with Crippen molar-refractivity contribution in [3.8, 4) is 0 Å². The normalized spacial score (nSPS) is 21.8. The van der Waals surface area contributed by atoms with Gasteiger partial charge in [-0.25, -0.2) is 11.6 Å². The first kappa shape index (κ1) is 35.8. The number of nitrogens with zero attached hydrogens (tertiary/aromatic N) is 6. The average molecular weight is 617 g/mol. The molecule has 4 heterocycles. The van der Waals surface area contributed by atoms with Crippen molar-refractivity contribution in [2.24, 2.45) is 9.98 Å². The first-order valence-corrected chi connectivity index (χ1v) is 21.9. The summed E-state index contributed by atoms with van der Waals surface area (Å²) >= 11 is 6.49. The maximum absolute atomic E-state index is 6.49. The Labute approximate surface area is 268 Å². The van der Waals surface area contributed by atoms with Gasteiger partial charge in [0, 0.05) is 59.3 Å². The van der Waals surface area contributed by atoms with E-state index in [4.69, 9.17) is 16.1 Å². The number of rotatable bonds is 3. The molecule has 5 aliphatic rings. The van der Waals surface area contributed by atoms with Crippen molar-refractivity contribution in [2.45, 2.75) is 71.3 Å². The van der Waals surface area contributed by atoms with Crippen molar-refractivity contribution in [3.63, 3.8) is 0 Å². The van der Waals surface area contributed by atoms with E-state index in [0.717, 1.165) is 32.7 Å².